The molecule has 19 heavy (non-hydrogen) atoms. The highest BCUT2D eigenvalue weighted by Crippen LogP contribution is 2.28. The smallest absolute Gasteiger partial charge is 0.224 e. The molecule has 0 atom stereocenters. The summed E-state index contributed by atoms with van der Waals surface area (Å²) >= 11 is 5.98. The number of rotatable bonds is 2. The summed E-state index contributed by atoms with van der Waals surface area (Å²) in [6.07, 6.45) is 1.84. The lowest BCUT2D eigenvalue weighted by molar-refractivity contribution is 1.13. The van der Waals surface area contributed by atoms with E-state index in [-0.39, 0.29) is 5.28 Å². The minimum absolute atomic E-state index is 0.250. The van der Waals surface area contributed by atoms with Crippen molar-refractivity contribution in [2.24, 2.45) is 0 Å². The summed E-state index contributed by atoms with van der Waals surface area (Å²) in [5, 5.41) is 1.22. The van der Waals surface area contributed by atoms with Crippen LogP contribution in [0.2, 0.25) is 5.28 Å². The molecule has 96 valence electrons. The number of aromatic amines is 1. The van der Waals surface area contributed by atoms with E-state index in [4.69, 9.17) is 11.6 Å². The molecule has 4 nitrogen and oxygen atoms in total. The number of hydrogen-bond acceptors (Lipinski definition) is 3. The van der Waals surface area contributed by atoms with Crippen LogP contribution < -0.4 is 4.90 Å². The van der Waals surface area contributed by atoms with Gasteiger partial charge in [0, 0.05) is 36.9 Å². The van der Waals surface area contributed by atoms with E-state index in [0.717, 1.165) is 28.0 Å². The third-order valence-electron chi connectivity index (χ3n) is 3.02. The van der Waals surface area contributed by atoms with Gasteiger partial charge in [-0.2, -0.15) is 4.98 Å². The molecule has 5 heteroatoms. The number of anilines is 1. The van der Waals surface area contributed by atoms with Crippen molar-refractivity contribution in [1.29, 1.82) is 0 Å². The van der Waals surface area contributed by atoms with Crippen LogP contribution in [0.3, 0.4) is 0 Å². The van der Waals surface area contributed by atoms with Gasteiger partial charge in [-0.1, -0.05) is 12.1 Å². The van der Waals surface area contributed by atoms with E-state index in [1.807, 2.05) is 38.5 Å². The van der Waals surface area contributed by atoms with Gasteiger partial charge in [0.05, 0.1) is 5.69 Å². The molecule has 2 heterocycles. The third kappa shape index (κ3) is 2.15. The first-order valence-corrected chi connectivity index (χ1v) is 6.31. The maximum Gasteiger partial charge on any atom is 0.224 e. The van der Waals surface area contributed by atoms with E-state index < -0.39 is 0 Å². The number of nitrogens with one attached hydrogen (secondary N) is 1. The molecule has 0 unspecified atom stereocenters. The molecule has 2 aromatic heterocycles. The van der Waals surface area contributed by atoms with Crippen molar-refractivity contribution < 1.29 is 0 Å². The number of H-pyrrole nitrogens is 1. The topological polar surface area (TPSA) is 44.8 Å². The molecule has 0 aliphatic rings. The van der Waals surface area contributed by atoms with Crippen molar-refractivity contribution in [2.45, 2.75) is 0 Å². The summed E-state index contributed by atoms with van der Waals surface area (Å²) in [6, 6.07) is 10.1. The third-order valence-corrected chi connectivity index (χ3v) is 3.19. The predicted octanol–water partition coefficient (Wildman–Crippen LogP) is 3.34. The molecule has 0 radical (unpaired) electrons. The monoisotopic (exact) mass is 272 g/mol. The van der Waals surface area contributed by atoms with Gasteiger partial charge in [-0.3, -0.25) is 0 Å². The van der Waals surface area contributed by atoms with Gasteiger partial charge in [0.1, 0.15) is 5.65 Å². The van der Waals surface area contributed by atoms with Gasteiger partial charge in [0.25, 0.3) is 0 Å². The highest BCUT2D eigenvalue weighted by atomic mass is 35.5. The minimum Gasteiger partial charge on any atom is -0.378 e. The summed E-state index contributed by atoms with van der Waals surface area (Å²) in [4.78, 5) is 13.6. The first-order valence-electron chi connectivity index (χ1n) is 5.93. The lowest BCUT2D eigenvalue weighted by atomic mass is 10.1. The van der Waals surface area contributed by atoms with Crippen LogP contribution in [0.5, 0.6) is 0 Å². The summed E-state index contributed by atoms with van der Waals surface area (Å²) in [6.45, 7) is 0. The van der Waals surface area contributed by atoms with Crippen molar-refractivity contribution in [3.05, 3.63) is 41.8 Å². The number of nitrogens with zero attached hydrogens (tertiary/aromatic N) is 3. The maximum atomic E-state index is 5.98. The molecule has 0 saturated heterocycles. The molecule has 0 aliphatic carbocycles. The second-order valence-electron chi connectivity index (χ2n) is 4.53. The van der Waals surface area contributed by atoms with Crippen LogP contribution in [0, 0.1) is 0 Å². The fraction of sp³-hybridized carbons (Fsp3) is 0.143. The average molecular weight is 273 g/mol. The quantitative estimate of drug-likeness (QED) is 0.728. The van der Waals surface area contributed by atoms with Crippen molar-refractivity contribution in [1.82, 2.24) is 15.0 Å². The van der Waals surface area contributed by atoms with E-state index in [1.54, 1.807) is 0 Å². The fourth-order valence-electron chi connectivity index (χ4n) is 2.07. The van der Waals surface area contributed by atoms with Crippen LogP contribution in [-0.4, -0.2) is 29.0 Å². The maximum absolute atomic E-state index is 5.98. The number of benzene rings is 1. The Bertz CT molecular complexity index is 733. The van der Waals surface area contributed by atoms with Crippen molar-refractivity contribution in [2.75, 3.05) is 19.0 Å². The zero-order valence-electron chi connectivity index (χ0n) is 10.7. The molecule has 1 aromatic carbocycles. The Morgan fingerprint density at radius 2 is 2.00 bits per heavy atom. The first-order chi connectivity index (χ1) is 9.15. The summed E-state index contributed by atoms with van der Waals surface area (Å²) in [5.41, 5.74) is 3.75. The van der Waals surface area contributed by atoms with Crippen molar-refractivity contribution in [3.8, 4) is 11.3 Å². The SMILES string of the molecule is CN(C)c1cccc(-c2nc(Cl)nc3[nH]ccc23)c1. The predicted molar refractivity (Wildman–Crippen MR) is 78.7 cm³/mol. The highest BCUT2D eigenvalue weighted by Gasteiger charge is 2.10. The molecule has 0 bridgehead atoms. The average Bonchev–Trinajstić information content (AvgIpc) is 2.85. The van der Waals surface area contributed by atoms with E-state index in [0.29, 0.717) is 0 Å². The molecule has 0 saturated carbocycles. The number of aromatic nitrogens is 3. The Morgan fingerprint density at radius 3 is 2.79 bits per heavy atom. The second kappa shape index (κ2) is 4.55. The normalized spacial score (nSPS) is 10.9. The molecule has 0 fully saturated rings. The fourth-order valence-corrected chi connectivity index (χ4v) is 2.23. The number of fused-ring (bicyclic) bond motifs is 1. The summed E-state index contributed by atoms with van der Waals surface area (Å²) in [5.74, 6) is 0. The van der Waals surface area contributed by atoms with E-state index in [2.05, 4.69) is 32.0 Å². The van der Waals surface area contributed by atoms with Crippen LogP contribution in [-0.2, 0) is 0 Å². The molecule has 0 amide bonds. The molecule has 3 rings (SSSR count). The van der Waals surface area contributed by atoms with Gasteiger partial charge in [-0.25, -0.2) is 4.98 Å². The van der Waals surface area contributed by atoms with Crippen LogP contribution in [0.4, 0.5) is 5.69 Å². The van der Waals surface area contributed by atoms with E-state index >= 15 is 0 Å². The van der Waals surface area contributed by atoms with Crippen LogP contribution >= 0.6 is 11.6 Å². The molecule has 0 spiro atoms. The Balaban J connectivity index is 2.23. The zero-order valence-corrected chi connectivity index (χ0v) is 11.4. The lowest BCUT2D eigenvalue weighted by Gasteiger charge is -2.13. The molecule has 1 N–H and O–H groups in total. The Kier molecular flexibility index (Phi) is 2.87. The summed E-state index contributed by atoms with van der Waals surface area (Å²) in [7, 11) is 4.02. The number of hydrogen-bond donors (Lipinski definition) is 1. The van der Waals surface area contributed by atoms with Crippen LogP contribution in [0.1, 0.15) is 0 Å². The molecular weight excluding hydrogens is 260 g/mol. The van der Waals surface area contributed by atoms with Crippen molar-refractivity contribution in [3.63, 3.8) is 0 Å². The van der Waals surface area contributed by atoms with Gasteiger partial charge in [0.2, 0.25) is 5.28 Å². The molecule has 3 aromatic rings. The summed E-state index contributed by atoms with van der Waals surface area (Å²) < 4.78 is 0. The molecular formula is C14H13ClN4. The largest absolute Gasteiger partial charge is 0.378 e. The first kappa shape index (κ1) is 12.0. The Labute approximate surface area is 116 Å². The van der Waals surface area contributed by atoms with Gasteiger partial charge >= 0.3 is 0 Å². The molecule has 0 aliphatic heterocycles. The Hall–Kier alpha value is -2.07. The highest BCUT2D eigenvalue weighted by molar-refractivity contribution is 6.28. The van der Waals surface area contributed by atoms with Crippen molar-refractivity contribution >= 4 is 28.3 Å². The van der Waals surface area contributed by atoms with E-state index in [9.17, 15) is 0 Å². The lowest BCUT2D eigenvalue weighted by Crippen LogP contribution is -2.08. The minimum atomic E-state index is 0.250. The van der Waals surface area contributed by atoms with Gasteiger partial charge in [0.15, 0.2) is 0 Å². The number of halogens is 1. The van der Waals surface area contributed by atoms with Crippen LogP contribution in [0.15, 0.2) is 36.5 Å². The van der Waals surface area contributed by atoms with Gasteiger partial charge in [-0.15, -0.1) is 0 Å². The van der Waals surface area contributed by atoms with Crippen LogP contribution in [0.25, 0.3) is 22.3 Å². The Morgan fingerprint density at radius 1 is 1.16 bits per heavy atom. The second-order valence-corrected chi connectivity index (χ2v) is 4.86. The van der Waals surface area contributed by atoms with Gasteiger partial charge in [-0.05, 0) is 29.8 Å². The zero-order chi connectivity index (χ0) is 13.4. The standard InChI is InChI=1S/C14H13ClN4/c1-19(2)10-5-3-4-9(8-10)12-11-6-7-16-13(11)18-14(15)17-12/h3-8H,1-2H3,(H,16,17,18). The van der Waals surface area contributed by atoms with E-state index in [1.165, 1.54) is 0 Å². The van der Waals surface area contributed by atoms with Gasteiger partial charge < -0.3 is 9.88 Å².